The number of anilines is 2. The van der Waals surface area contributed by atoms with Gasteiger partial charge >= 0.3 is 0 Å². The first kappa shape index (κ1) is 25.5. The maximum atomic E-state index is 13.1. The molecule has 0 unspecified atom stereocenters. The minimum Gasteiger partial charge on any atom is -0.362 e. The molecule has 2 aliphatic rings. The largest absolute Gasteiger partial charge is 0.362 e. The molecule has 1 atom stereocenters. The number of benzene rings is 2. The van der Waals surface area contributed by atoms with E-state index in [1.165, 1.54) is 31.7 Å². The van der Waals surface area contributed by atoms with Gasteiger partial charge in [0, 0.05) is 55.9 Å². The average molecular weight is 525 g/mol. The molecule has 1 amide bonds. The zero-order chi connectivity index (χ0) is 27.1. The van der Waals surface area contributed by atoms with E-state index in [1.54, 1.807) is 6.20 Å². The molecule has 0 aliphatic carbocycles. The molecule has 2 N–H and O–H groups in total. The average Bonchev–Trinajstić information content (AvgIpc) is 3.30. The monoisotopic (exact) mass is 524 g/mol. The van der Waals surface area contributed by atoms with E-state index in [2.05, 4.69) is 62.5 Å². The van der Waals surface area contributed by atoms with E-state index >= 15 is 0 Å². The van der Waals surface area contributed by atoms with Crippen LogP contribution in [0.4, 0.5) is 11.5 Å². The first-order chi connectivity index (χ1) is 18.8. The number of rotatable bonds is 8. The summed E-state index contributed by atoms with van der Waals surface area (Å²) in [5.41, 5.74) is 6.84. The summed E-state index contributed by atoms with van der Waals surface area (Å²) in [5.74, 6) is 0.556. The fraction of sp³-hybridized carbons (Fsp3) is 0.400. The molecule has 6 rings (SSSR count). The second-order valence-corrected chi connectivity index (χ2v) is 11.4. The summed E-state index contributed by atoms with van der Waals surface area (Å²) in [6, 6.07) is 13.9. The molecule has 9 heteroatoms. The first-order valence-corrected chi connectivity index (χ1v) is 13.7. The molecule has 2 aromatic heterocycles. The van der Waals surface area contributed by atoms with Crippen LogP contribution >= 0.6 is 0 Å². The standard InChI is InChI=1S/C30H36N8O/c1-5-38-15-26-28(35-38)34-27(13-31-26)32-21(3)22-7-6-8-25(12-22)33-29(39)23-9-10-24(20(2)11-23)14-37-18-30(19-37)16-36(4)17-30/h6-13,15,21H,5,14,16-19H2,1-4H3,(H,33,39)(H,32,34,35)/t21-/m0/s1. The van der Waals surface area contributed by atoms with Crippen LogP contribution in [0.3, 0.4) is 0 Å². The van der Waals surface area contributed by atoms with Crippen molar-refractivity contribution < 1.29 is 4.79 Å². The summed E-state index contributed by atoms with van der Waals surface area (Å²) < 4.78 is 1.83. The number of fused-ring (bicyclic) bond motifs is 1. The minimum atomic E-state index is -0.106. The lowest BCUT2D eigenvalue weighted by molar-refractivity contribution is -0.108. The van der Waals surface area contributed by atoms with Crippen molar-refractivity contribution in [3.63, 3.8) is 0 Å². The Hall–Kier alpha value is -3.82. The lowest BCUT2D eigenvalue weighted by Crippen LogP contribution is -2.70. The lowest BCUT2D eigenvalue weighted by atomic mass is 9.73. The van der Waals surface area contributed by atoms with E-state index in [0.29, 0.717) is 22.4 Å². The number of carbonyl (C=O) groups is 1. The van der Waals surface area contributed by atoms with E-state index in [4.69, 9.17) is 0 Å². The fourth-order valence-electron chi connectivity index (χ4n) is 6.04. The van der Waals surface area contributed by atoms with E-state index < -0.39 is 0 Å². The Bertz CT molecular complexity index is 1510. The maximum Gasteiger partial charge on any atom is 0.255 e. The number of amides is 1. The summed E-state index contributed by atoms with van der Waals surface area (Å²) in [7, 11) is 2.19. The van der Waals surface area contributed by atoms with Crippen molar-refractivity contribution in [3.8, 4) is 0 Å². The maximum absolute atomic E-state index is 13.1. The molecular weight excluding hydrogens is 488 g/mol. The Labute approximate surface area is 229 Å². The van der Waals surface area contributed by atoms with Gasteiger partial charge in [0.15, 0.2) is 0 Å². The van der Waals surface area contributed by atoms with E-state index in [1.807, 2.05) is 54.2 Å². The lowest BCUT2D eigenvalue weighted by Gasteiger charge is -2.59. The normalized spacial score (nSPS) is 17.5. The van der Waals surface area contributed by atoms with Gasteiger partial charge in [0.1, 0.15) is 11.3 Å². The number of aryl methyl sites for hydroxylation is 2. The highest BCUT2D eigenvalue weighted by atomic mass is 16.1. The second-order valence-electron chi connectivity index (χ2n) is 11.4. The van der Waals surface area contributed by atoms with Crippen molar-refractivity contribution in [3.05, 3.63) is 77.1 Å². The molecular formula is C30H36N8O. The number of likely N-dealkylation sites (tertiary alicyclic amines) is 2. The third kappa shape index (κ3) is 5.24. The van der Waals surface area contributed by atoms with Crippen molar-refractivity contribution in [2.75, 3.05) is 43.9 Å². The third-order valence-corrected chi connectivity index (χ3v) is 7.94. The zero-order valence-corrected chi connectivity index (χ0v) is 23.1. The quantitative estimate of drug-likeness (QED) is 0.355. The van der Waals surface area contributed by atoms with Crippen LogP contribution in [0, 0.1) is 12.3 Å². The highest BCUT2D eigenvalue weighted by Crippen LogP contribution is 2.39. The van der Waals surface area contributed by atoms with Crippen molar-refractivity contribution in [1.29, 1.82) is 0 Å². The molecule has 202 valence electrons. The number of hydrogen-bond acceptors (Lipinski definition) is 7. The number of hydrogen-bond donors (Lipinski definition) is 2. The molecule has 0 bridgehead atoms. The summed E-state index contributed by atoms with van der Waals surface area (Å²) in [4.78, 5) is 27.1. The van der Waals surface area contributed by atoms with Gasteiger partial charge in [-0.3, -0.25) is 14.4 Å². The van der Waals surface area contributed by atoms with Crippen LogP contribution in [0.2, 0.25) is 0 Å². The molecule has 2 aromatic carbocycles. The van der Waals surface area contributed by atoms with Crippen LogP contribution in [0.1, 0.15) is 46.9 Å². The number of carbonyl (C=O) groups excluding carboxylic acids is 1. The van der Waals surface area contributed by atoms with Gasteiger partial charge in [-0.2, -0.15) is 5.10 Å². The third-order valence-electron chi connectivity index (χ3n) is 7.94. The Morgan fingerprint density at radius 2 is 1.95 bits per heavy atom. The predicted octanol–water partition coefficient (Wildman–Crippen LogP) is 4.33. The fourth-order valence-corrected chi connectivity index (χ4v) is 6.04. The molecule has 0 saturated carbocycles. The highest BCUT2D eigenvalue weighted by Gasteiger charge is 2.49. The molecule has 4 heterocycles. The summed E-state index contributed by atoms with van der Waals surface area (Å²) in [6.07, 6.45) is 3.62. The molecule has 2 saturated heterocycles. The predicted molar refractivity (Wildman–Crippen MR) is 154 cm³/mol. The van der Waals surface area contributed by atoms with E-state index in [9.17, 15) is 4.79 Å². The van der Waals surface area contributed by atoms with Crippen molar-refractivity contribution in [1.82, 2.24) is 29.5 Å². The van der Waals surface area contributed by atoms with Crippen LogP contribution in [0.25, 0.3) is 11.2 Å². The Balaban J connectivity index is 1.07. The molecule has 1 spiro atoms. The Kier molecular flexibility index (Phi) is 6.56. The molecule has 39 heavy (non-hydrogen) atoms. The Morgan fingerprint density at radius 1 is 1.13 bits per heavy atom. The number of nitrogens with zero attached hydrogens (tertiary/aromatic N) is 6. The second kappa shape index (κ2) is 10.1. The summed E-state index contributed by atoms with van der Waals surface area (Å²) in [6.45, 7) is 12.7. The van der Waals surface area contributed by atoms with Crippen molar-refractivity contribution in [2.24, 2.45) is 5.41 Å². The SMILES string of the molecule is CCn1cc2ncc(N[C@@H](C)c3cccc(NC(=O)c4ccc(CN5CC6(CN(C)C6)C5)c(C)c4)c3)nc2n1. The van der Waals surface area contributed by atoms with Crippen LogP contribution in [0.5, 0.6) is 0 Å². The van der Waals surface area contributed by atoms with Crippen LogP contribution in [-0.4, -0.2) is 68.7 Å². The van der Waals surface area contributed by atoms with Gasteiger partial charge in [-0.15, -0.1) is 0 Å². The molecule has 0 radical (unpaired) electrons. The molecule has 2 aliphatic heterocycles. The zero-order valence-electron chi connectivity index (χ0n) is 23.1. The van der Waals surface area contributed by atoms with Crippen LogP contribution in [-0.2, 0) is 13.1 Å². The topological polar surface area (TPSA) is 91.2 Å². The first-order valence-electron chi connectivity index (χ1n) is 13.7. The smallest absolute Gasteiger partial charge is 0.255 e. The van der Waals surface area contributed by atoms with Gasteiger partial charge in [-0.05, 0) is 68.8 Å². The van der Waals surface area contributed by atoms with Gasteiger partial charge < -0.3 is 15.5 Å². The van der Waals surface area contributed by atoms with Crippen LogP contribution in [0.15, 0.2) is 54.9 Å². The minimum absolute atomic E-state index is 0.0376. The number of aromatic nitrogens is 4. The van der Waals surface area contributed by atoms with Crippen molar-refractivity contribution in [2.45, 2.75) is 39.9 Å². The molecule has 2 fully saturated rings. The van der Waals surface area contributed by atoms with Crippen LogP contribution < -0.4 is 10.6 Å². The van der Waals surface area contributed by atoms with Crippen molar-refractivity contribution >= 4 is 28.6 Å². The van der Waals surface area contributed by atoms with E-state index in [0.717, 1.165) is 35.4 Å². The Morgan fingerprint density at radius 3 is 2.69 bits per heavy atom. The summed E-state index contributed by atoms with van der Waals surface area (Å²) in [5, 5.41) is 10.9. The van der Waals surface area contributed by atoms with Gasteiger partial charge in [-0.1, -0.05) is 18.2 Å². The summed E-state index contributed by atoms with van der Waals surface area (Å²) >= 11 is 0. The molecule has 4 aromatic rings. The number of nitrogens with one attached hydrogen (secondary N) is 2. The molecule has 9 nitrogen and oxygen atoms in total. The van der Waals surface area contributed by atoms with E-state index in [-0.39, 0.29) is 11.9 Å². The van der Waals surface area contributed by atoms with Gasteiger partial charge in [0.25, 0.3) is 5.91 Å². The van der Waals surface area contributed by atoms with Gasteiger partial charge in [0.05, 0.1) is 18.4 Å². The van der Waals surface area contributed by atoms with Gasteiger partial charge in [-0.25, -0.2) is 9.97 Å². The van der Waals surface area contributed by atoms with Gasteiger partial charge in [0.2, 0.25) is 5.65 Å². The highest BCUT2D eigenvalue weighted by molar-refractivity contribution is 6.04.